The lowest BCUT2D eigenvalue weighted by Gasteiger charge is -2.32. The summed E-state index contributed by atoms with van der Waals surface area (Å²) in [5, 5.41) is 2.34. The first-order chi connectivity index (χ1) is 15.4. The summed E-state index contributed by atoms with van der Waals surface area (Å²) in [6.45, 7) is 3.97. The van der Waals surface area contributed by atoms with Gasteiger partial charge < -0.3 is 10.1 Å². The molecule has 2 aromatic carbocycles. The third kappa shape index (κ3) is 5.50. The minimum absolute atomic E-state index is 0.0136. The first-order valence-corrected chi connectivity index (χ1v) is 12.0. The molecule has 0 aliphatic carbocycles. The monoisotopic (exact) mass is 484 g/mol. The van der Waals surface area contributed by atoms with Gasteiger partial charge in [0, 0.05) is 13.1 Å². The van der Waals surface area contributed by atoms with Crippen molar-refractivity contribution < 1.29 is 31.1 Å². The Morgan fingerprint density at radius 1 is 1.18 bits per heavy atom. The molecule has 1 N–H and O–H groups in total. The second-order valence-electron chi connectivity index (χ2n) is 8.30. The molecule has 1 fully saturated rings. The fourth-order valence-electron chi connectivity index (χ4n) is 3.84. The molecule has 2 aromatic rings. The zero-order valence-electron chi connectivity index (χ0n) is 18.6. The van der Waals surface area contributed by atoms with Gasteiger partial charge in [0.05, 0.1) is 24.3 Å². The molecule has 1 aliphatic rings. The van der Waals surface area contributed by atoms with Crippen molar-refractivity contribution in [2.24, 2.45) is 5.92 Å². The van der Waals surface area contributed by atoms with Gasteiger partial charge in [0.15, 0.2) is 0 Å². The van der Waals surface area contributed by atoms with Crippen molar-refractivity contribution in [1.29, 1.82) is 0 Å². The minimum Gasteiger partial charge on any atom is -0.495 e. The number of amides is 1. The van der Waals surface area contributed by atoms with Crippen molar-refractivity contribution in [2.45, 2.75) is 43.7 Å². The van der Waals surface area contributed by atoms with E-state index in [1.165, 1.54) is 29.6 Å². The fraction of sp³-hybridized carbons (Fsp3) is 0.435. The van der Waals surface area contributed by atoms with E-state index in [1.807, 2.05) is 13.8 Å². The van der Waals surface area contributed by atoms with E-state index in [0.717, 1.165) is 11.6 Å². The molecule has 10 heteroatoms. The topological polar surface area (TPSA) is 75.7 Å². The Balaban J connectivity index is 1.84. The molecular weight excluding hydrogens is 457 g/mol. The number of para-hydroxylation sites is 1. The standard InChI is InChI=1S/C23H27F3N2O4S/c1-15(2)16-10-11-20(32-3)21(13-16)33(30,31)28-12-6-7-17(14-28)22(29)27-19-9-5-4-8-18(19)23(24,25)26/h4-5,8-11,13,15,17H,6-7,12,14H2,1-3H3,(H,27,29)/t17-/m0/s1. The van der Waals surface area contributed by atoms with Crippen molar-refractivity contribution in [3.63, 3.8) is 0 Å². The molecule has 0 bridgehead atoms. The molecular formula is C23H27F3N2O4S. The highest BCUT2D eigenvalue weighted by Gasteiger charge is 2.37. The molecule has 33 heavy (non-hydrogen) atoms. The predicted molar refractivity (Wildman–Crippen MR) is 119 cm³/mol. The zero-order valence-corrected chi connectivity index (χ0v) is 19.5. The van der Waals surface area contributed by atoms with Crippen LogP contribution in [-0.2, 0) is 21.0 Å². The van der Waals surface area contributed by atoms with E-state index < -0.39 is 33.6 Å². The number of alkyl halides is 3. The first-order valence-electron chi connectivity index (χ1n) is 10.6. The van der Waals surface area contributed by atoms with E-state index in [1.54, 1.807) is 18.2 Å². The average molecular weight is 485 g/mol. The molecule has 1 amide bonds. The number of nitrogens with one attached hydrogen (secondary N) is 1. The lowest BCUT2D eigenvalue weighted by Crippen LogP contribution is -2.43. The van der Waals surface area contributed by atoms with Gasteiger partial charge in [-0.25, -0.2) is 8.42 Å². The molecule has 6 nitrogen and oxygen atoms in total. The van der Waals surface area contributed by atoms with Crippen LogP contribution < -0.4 is 10.1 Å². The van der Waals surface area contributed by atoms with Crippen LogP contribution in [-0.4, -0.2) is 38.8 Å². The summed E-state index contributed by atoms with van der Waals surface area (Å²) in [5.74, 6) is -1.13. The molecule has 1 atom stereocenters. The summed E-state index contributed by atoms with van der Waals surface area (Å²) in [6.07, 6.45) is -3.84. The number of halogens is 3. The Labute approximate surface area is 191 Å². The van der Waals surface area contributed by atoms with Gasteiger partial charge in [0.1, 0.15) is 10.6 Å². The van der Waals surface area contributed by atoms with Crippen molar-refractivity contribution in [2.75, 3.05) is 25.5 Å². The highest BCUT2D eigenvalue weighted by Crippen LogP contribution is 2.36. The highest BCUT2D eigenvalue weighted by atomic mass is 32.2. The summed E-state index contributed by atoms with van der Waals surface area (Å²) in [4.78, 5) is 12.8. The Bertz CT molecular complexity index is 1120. The van der Waals surface area contributed by atoms with Crippen LogP contribution in [0, 0.1) is 5.92 Å². The summed E-state index contributed by atoms with van der Waals surface area (Å²) >= 11 is 0. The van der Waals surface area contributed by atoms with Crippen molar-refractivity contribution in [3.05, 3.63) is 53.6 Å². The summed E-state index contributed by atoms with van der Waals surface area (Å²) in [7, 11) is -2.60. The van der Waals surface area contributed by atoms with Gasteiger partial charge in [-0.2, -0.15) is 17.5 Å². The number of ether oxygens (including phenoxy) is 1. The molecule has 180 valence electrons. The number of rotatable bonds is 6. The number of anilines is 1. The Morgan fingerprint density at radius 3 is 2.52 bits per heavy atom. The van der Waals surface area contributed by atoms with Gasteiger partial charge in [-0.15, -0.1) is 0 Å². The SMILES string of the molecule is COc1ccc(C(C)C)cc1S(=O)(=O)N1CCC[C@H](C(=O)Nc2ccccc2C(F)(F)F)C1. The second-order valence-corrected chi connectivity index (χ2v) is 10.2. The summed E-state index contributed by atoms with van der Waals surface area (Å²) in [6, 6.07) is 9.68. The number of carbonyl (C=O) groups is 1. The van der Waals surface area contributed by atoms with Crippen LogP contribution in [0.15, 0.2) is 47.4 Å². The number of benzene rings is 2. The highest BCUT2D eigenvalue weighted by molar-refractivity contribution is 7.89. The third-order valence-electron chi connectivity index (χ3n) is 5.72. The maximum atomic E-state index is 13.4. The molecule has 0 aromatic heterocycles. The van der Waals surface area contributed by atoms with E-state index in [4.69, 9.17) is 4.74 Å². The largest absolute Gasteiger partial charge is 0.495 e. The molecule has 1 saturated heterocycles. The van der Waals surface area contributed by atoms with Crippen LogP contribution in [0.5, 0.6) is 5.75 Å². The third-order valence-corrected chi connectivity index (χ3v) is 7.60. The predicted octanol–water partition coefficient (Wildman–Crippen LogP) is 4.88. The average Bonchev–Trinajstić information content (AvgIpc) is 2.78. The van der Waals surface area contributed by atoms with E-state index >= 15 is 0 Å². The minimum atomic E-state index is -4.62. The number of methoxy groups -OCH3 is 1. The van der Waals surface area contributed by atoms with E-state index in [2.05, 4.69) is 5.32 Å². The van der Waals surface area contributed by atoms with Crippen LogP contribution in [0.3, 0.4) is 0 Å². The van der Waals surface area contributed by atoms with Crippen molar-refractivity contribution in [3.8, 4) is 5.75 Å². The number of hydrogen-bond acceptors (Lipinski definition) is 4. The Kier molecular flexibility index (Phi) is 7.38. The smallest absolute Gasteiger partial charge is 0.418 e. The molecule has 1 heterocycles. The molecule has 0 radical (unpaired) electrons. The second kappa shape index (κ2) is 9.72. The van der Waals surface area contributed by atoms with Crippen LogP contribution >= 0.6 is 0 Å². The van der Waals surface area contributed by atoms with E-state index in [-0.39, 0.29) is 35.3 Å². The van der Waals surface area contributed by atoms with Gasteiger partial charge >= 0.3 is 6.18 Å². The van der Waals surface area contributed by atoms with Gasteiger partial charge in [-0.3, -0.25) is 4.79 Å². The molecule has 1 aliphatic heterocycles. The van der Waals surface area contributed by atoms with Gasteiger partial charge in [-0.1, -0.05) is 32.0 Å². The summed E-state index contributed by atoms with van der Waals surface area (Å²) in [5.41, 5.74) is -0.473. The summed E-state index contributed by atoms with van der Waals surface area (Å²) < 4.78 is 73.1. The first kappa shape index (κ1) is 25.0. The van der Waals surface area contributed by atoms with Gasteiger partial charge in [0.25, 0.3) is 0 Å². The number of piperidine rings is 1. The molecule has 0 unspecified atom stereocenters. The molecule has 0 spiro atoms. The Morgan fingerprint density at radius 2 is 1.88 bits per heavy atom. The lowest BCUT2D eigenvalue weighted by atomic mass is 9.98. The van der Waals surface area contributed by atoms with Crippen LogP contribution in [0.25, 0.3) is 0 Å². The number of hydrogen-bond donors (Lipinski definition) is 1. The van der Waals surface area contributed by atoms with Crippen LogP contribution in [0.2, 0.25) is 0 Å². The molecule has 3 rings (SSSR count). The van der Waals surface area contributed by atoms with E-state index in [9.17, 15) is 26.4 Å². The normalized spacial score (nSPS) is 17.7. The molecule has 0 saturated carbocycles. The van der Waals surface area contributed by atoms with Crippen LogP contribution in [0.4, 0.5) is 18.9 Å². The van der Waals surface area contributed by atoms with Gasteiger partial charge in [0.2, 0.25) is 15.9 Å². The maximum Gasteiger partial charge on any atom is 0.418 e. The number of sulfonamides is 1. The maximum absolute atomic E-state index is 13.4. The quantitative estimate of drug-likeness (QED) is 0.634. The van der Waals surface area contributed by atoms with Crippen LogP contribution in [0.1, 0.15) is 43.7 Å². The van der Waals surface area contributed by atoms with Crippen molar-refractivity contribution in [1.82, 2.24) is 4.31 Å². The number of carbonyl (C=O) groups excluding carboxylic acids is 1. The van der Waals surface area contributed by atoms with Gasteiger partial charge in [-0.05, 0) is 48.6 Å². The fourth-order valence-corrected chi connectivity index (χ4v) is 5.56. The zero-order chi connectivity index (χ0) is 24.4. The number of nitrogens with zero attached hydrogens (tertiary/aromatic N) is 1. The van der Waals surface area contributed by atoms with E-state index in [0.29, 0.717) is 12.8 Å². The lowest BCUT2D eigenvalue weighted by molar-refractivity contribution is -0.137. The van der Waals surface area contributed by atoms with Crippen molar-refractivity contribution >= 4 is 21.6 Å². The Hall–Kier alpha value is -2.59.